The standard InChI is InChI=1S/C12H23NS2/c1-5-13-11(8-9(2)3)12-10(4)14-6-7-15-12/h10-13H,2,5-8H2,1,3-4H3. The Kier molecular flexibility index (Phi) is 6.17. The summed E-state index contributed by atoms with van der Waals surface area (Å²) in [6.45, 7) is 11.8. The summed E-state index contributed by atoms with van der Waals surface area (Å²) in [6, 6.07) is 0.611. The van der Waals surface area contributed by atoms with Gasteiger partial charge in [-0.05, 0) is 19.9 Å². The molecule has 1 heterocycles. The highest BCUT2D eigenvalue weighted by Gasteiger charge is 2.29. The Balaban J connectivity index is 2.55. The summed E-state index contributed by atoms with van der Waals surface area (Å²) in [6.07, 6.45) is 1.12. The molecule has 1 nitrogen and oxygen atoms in total. The molecule has 0 aliphatic carbocycles. The van der Waals surface area contributed by atoms with Gasteiger partial charge in [0.15, 0.2) is 0 Å². The zero-order chi connectivity index (χ0) is 11.3. The van der Waals surface area contributed by atoms with Gasteiger partial charge in [-0.25, -0.2) is 0 Å². The molecule has 0 aromatic rings. The number of hydrogen-bond donors (Lipinski definition) is 1. The Bertz CT molecular complexity index is 206. The summed E-state index contributed by atoms with van der Waals surface area (Å²) in [7, 11) is 0. The SMILES string of the molecule is C=C(C)CC(NCC)C1SCCSC1C. The molecule has 15 heavy (non-hydrogen) atoms. The second kappa shape index (κ2) is 6.87. The lowest BCUT2D eigenvalue weighted by molar-refractivity contribution is 0.500. The summed E-state index contributed by atoms with van der Waals surface area (Å²) in [5.41, 5.74) is 1.30. The van der Waals surface area contributed by atoms with Crippen LogP contribution in [0.1, 0.15) is 27.2 Å². The molecule has 0 aromatic heterocycles. The summed E-state index contributed by atoms with van der Waals surface area (Å²) in [5, 5.41) is 5.14. The topological polar surface area (TPSA) is 12.0 Å². The van der Waals surface area contributed by atoms with Gasteiger partial charge in [-0.3, -0.25) is 0 Å². The van der Waals surface area contributed by atoms with E-state index in [2.05, 4.69) is 56.2 Å². The fraction of sp³-hybridized carbons (Fsp3) is 0.833. The maximum absolute atomic E-state index is 4.04. The maximum atomic E-state index is 4.04. The smallest absolute Gasteiger partial charge is 0.0320 e. The molecule has 1 aliphatic heterocycles. The molecule has 3 atom stereocenters. The summed E-state index contributed by atoms with van der Waals surface area (Å²) in [4.78, 5) is 0. The Morgan fingerprint density at radius 2 is 2.13 bits per heavy atom. The fourth-order valence-corrected chi connectivity index (χ4v) is 4.99. The van der Waals surface area contributed by atoms with E-state index in [0.717, 1.165) is 23.5 Å². The molecule has 0 bridgehead atoms. The van der Waals surface area contributed by atoms with Crippen LogP contribution < -0.4 is 5.32 Å². The second-order valence-electron chi connectivity index (χ2n) is 4.24. The van der Waals surface area contributed by atoms with Crippen LogP contribution in [0.3, 0.4) is 0 Å². The highest BCUT2D eigenvalue weighted by Crippen LogP contribution is 2.34. The molecule has 3 unspecified atom stereocenters. The van der Waals surface area contributed by atoms with Crippen molar-refractivity contribution in [1.29, 1.82) is 0 Å². The predicted octanol–water partition coefficient (Wildman–Crippen LogP) is 3.17. The van der Waals surface area contributed by atoms with Crippen LogP contribution in [0.2, 0.25) is 0 Å². The van der Waals surface area contributed by atoms with Gasteiger partial charge in [0.05, 0.1) is 0 Å². The molecule has 1 aliphatic rings. The fourth-order valence-electron chi connectivity index (χ4n) is 2.03. The number of nitrogens with one attached hydrogen (secondary N) is 1. The number of thioether (sulfide) groups is 2. The summed E-state index contributed by atoms with van der Waals surface area (Å²) >= 11 is 4.25. The van der Waals surface area contributed by atoms with Crippen molar-refractivity contribution < 1.29 is 0 Å². The lowest BCUT2D eigenvalue weighted by Gasteiger charge is -2.35. The van der Waals surface area contributed by atoms with E-state index in [1.54, 1.807) is 0 Å². The monoisotopic (exact) mass is 245 g/mol. The third kappa shape index (κ3) is 4.41. The van der Waals surface area contributed by atoms with Gasteiger partial charge in [-0.2, -0.15) is 23.5 Å². The van der Waals surface area contributed by atoms with Crippen molar-refractivity contribution in [3.05, 3.63) is 12.2 Å². The molecular formula is C12H23NS2. The lowest BCUT2D eigenvalue weighted by Crippen LogP contribution is -2.44. The van der Waals surface area contributed by atoms with Gasteiger partial charge in [0.2, 0.25) is 0 Å². The van der Waals surface area contributed by atoms with Crippen LogP contribution in [0, 0.1) is 0 Å². The van der Waals surface area contributed by atoms with E-state index in [4.69, 9.17) is 0 Å². The Morgan fingerprint density at radius 3 is 2.67 bits per heavy atom. The molecule has 1 N–H and O–H groups in total. The third-order valence-electron chi connectivity index (χ3n) is 2.67. The van der Waals surface area contributed by atoms with Gasteiger partial charge in [0.1, 0.15) is 0 Å². The normalized spacial score (nSPS) is 28.7. The van der Waals surface area contributed by atoms with E-state index < -0.39 is 0 Å². The minimum atomic E-state index is 0.611. The second-order valence-corrected chi connectivity index (χ2v) is 7.01. The van der Waals surface area contributed by atoms with E-state index in [0.29, 0.717) is 6.04 Å². The third-order valence-corrected chi connectivity index (χ3v) is 5.92. The minimum absolute atomic E-state index is 0.611. The van der Waals surface area contributed by atoms with Gasteiger partial charge in [-0.1, -0.05) is 19.4 Å². The average Bonchev–Trinajstić information content (AvgIpc) is 2.17. The first-order chi connectivity index (χ1) is 7.15. The zero-order valence-electron chi connectivity index (χ0n) is 10.1. The molecule has 1 rings (SSSR count). The average molecular weight is 245 g/mol. The molecule has 0 saturated carbocycles. The van der Waals surface area contributed by atoms with E-state index in [9.17, 15) is 0 Å². The molecule has 88 valence electrons. The van der Waals surface area contributed by atoms with Crippen molar-refractivity contribution in [2.45, 2.75) is 43.7 Å². The van der Waals surface area contributed by atoms with E-state index >= 15 is 0 Å². The lowest BCUT2D eigenvalue weighted by atomic mass is 10.0. The van der Waals surface area contributed by atoms with Crippen LogP contribution in [0.4, 0.5) is 0 Å². The van der Waals surface area contributed by atoms with Crippen molar-refractivity contribution in [2.24, 2.45) is 0 Å². The quantitative estimate of drug-likeness (QED) is 0.747. The van der Waals surface area contributed by atoms with Crippen molar-refractivity contribution >= 4 is 23.5 Å². The van der Waals surface area contributed by atoms with E-state index in [1.165, 1.54) is 17.1 Å². The van der Waals surface area contributed by atoms with Gasteiger partial charge < -0.3 is 5.32 Å². The van der Waals surface area contributed by atoms with Gasteiger partial charge in [-0.15, -0.1) is 6.58 Å². The van der Waals surface area contributed by atoms with Gasteiger partial charge in [0, 0.05) is 28.0 Å². The molecule has 1 saturated heterocycles. The first kappa shape index (κ1) is 13.5. The van der Waals surface area contributed by atoms with Crippen molar-refractivity contribution in [1.82, 2.24) is 5.32 Å². The minimum Gasteiger partial charge on any atom is -0.313 e. The van der Waals surface area contributed by atoms with Crippen LogP contribution in [0.5, 0.6) is 0 Å². The Labute approximate surface area is 103 Å². The number of hydrogen-bond acceptors (Lipinski definition) is 3. The van der Waals surface area contributed by atoms with Gasteiger partial charge in [0.25, 0.3) is 0 Å². The van der Waals surface area contributed by atoms with Crippen molar-refractivity contribution in [3.63, 3.8) is 0 Å². The van der Waals surface area contributed by atoms with E-state index in [1.807, 2.05) is 0 Å². The van der Waals surface area contributed by atoms with Crippen molar-refractivity contribution in [3.8, 4) is 0 Å². The van der Waals surface area contributed by atoms with Crippen LogP contribution in [-0.4, -0.2) is 34.6 Å². The largest absolute Gasteiger partial charge is 0.313 e. The van der Waals surface area contributed by atoms with Crippen LogP contribution in [0.15, 0.2) is 12.2 Å². The highest BCUT2D eigenvalue weighted by molar-refractivity contribution is 8.07. The van der Waals surface area contributed by atoms with Crippen molar-refractivity contribution in [2.75, 3.05) is 18.1 Å². The van der Waals surface area contributed by atoms with Crippen LogP contribution in [-0.2, 0) is 0 Å². The molecule has 0 aromatic carbocycles. The maximum Gasteiger partial charge on any atom is 0.0320 e. The first-order valence-electron chi connectivity index (χ1n) is 5.76. The number of rotatable bonds is 5. The van der Waals surface area contributed by atoms with Crippen LogP contribution >= 0.6 is 23.5 Å². The molecule has 1 fully saturated rings. The molecule has 0 amide bonds. The van der Waals surface area contributed by atoms with Crippen LogP contribution in [0.25, 0.3) is 0 Å². The Morgan fingerprint density at radius 1 is 1.47 bits per heavy atom. The Hall–Kier alpha value is 0.400. The van der Waals surface area contributed by atoms with E-state index in [-0.39, 0.29) is 0 Å². The molecule has 0 spiro atoms. The zero-order valence-corrected chi connectivity index (χ0v) is 11.7. The summed E-state index contributed by atoms with van der Waals surface area (Å²) in [5.74, 6) is 2.62. The highest BCUT2D eigenvalue weighted by atomic mass is 32.2. The molecular weight excluding hydrogens is 222 g/mol. The predicted molar refractivity (Wildman–Crippen MR) is 75.1 cm³/mol. The molecule has 3 heteroatoms. The molecule has 0 radical (unpaired) electrons. The summed E-state index contributed by atoms with van der Waals surface area (Å²) < 4.78 is 0. The first-order valence-corrected chi connectivity index (χ1v) is 7.85. The van der Waals surface area contributed by atoms with Gasteiger partial charge >= 0.3 is 0 Å².